The number of hydrogen-bond acceptors (Lipinski definition) is 12. The summed E-state index contributed by atoms with van der Waals surface area (Å²) in [5.74, 6) is -1.52. The Morgan fingerprint density at radius 3 is 2.88 bits per heavy atom. The molecule has 178 valence electrons. The Kier molecular flexibility index (Phi) is 6.60. The number of anilines is 1. The van der Waals surface area contributed by atoms with Gasteiger partial charge in [-0.25, -0.2) is 14.5 Å². The number of carbonyl (C=O) groups excluding carboxylic acids is 2. The lowest BCUT2D eigenvalue weighted by Gasteiger charge is -2.49. The van der Waals surface area contributed by atoms with E-state index in [2.05, 4.69) is 31.0 Å². The average Bonchev–Trinajstić information content (AvgIpc) is 3.42. The zero-order valence-electron chi connectivity index (χ0n) is 17.9. The highest BCUT2D eigenvalue weighted by Crippen LogP contribution is 2.40. The van der Waals surface area contributed by atoms with Gasteiger partial charge in [0.25, 0.3) is 11.8 Å². The van der Waals surface area contributed by atoms with Gasteiger partial charge in [0.2, 0.25) is 0 Å². The van der Waals surface area contributed by atoms with Crippen LogP contribution in [0, 0.1) is 6.92 Å². The van der Waals surface area contributed by atoms with Crippen LogP contribution in [0.1, 0.15) is 11.5 Å². The molecule has 0 spiro atoms. The number of carboxylic acid groups (broad SMARTS) is 1. The molecule has 34 heavy (non-hydrogen) atoms. The Labute approximate surface area is 200 Å². The van der Waals surface area contributed by atoms with Crippen LogP contribution in [-0.4, -0.2) is 83.0 Å². The van der Waals surface area contributed by atoms with Crippen LogP contribution < -0.4 is 11.1 Å². The summed E-state index contributed by atoms with van der Waals surface area (Å²) in [5.41, 5.74) is 6.04. The molecule has 1 saturated heterocycles. The van der Waals surface area contributed by atoms with E-state index < -0.39 is 29.2 Å². The summed E-state index contributed by atoms with van der Waals surface area (Å²) in [4.78, 5) is 47.6. The lowest BCUT2D eigenvalue weighted by atomic mass is 10.0. The van der Waals surface area contributed by atoms with Crippen molar-refractivity contribution in [2.24, 2.45) is 5.16 Å². The van der Waals surface area contributed by atoms with Crippen LogP contribution in [-0.2, 0) is 25.8 Å². The number of aryl methyl sites for hydroxylation is 1. The molecule has 0 radical (unpaired) electrons. The Bertz CT molecular complexity index is 1230. The maximum Gasteiger partial charge on any atom is 0.352 e. The fourth-order valence-electron chi connectivity index (χ4n) is 3.39. The second-order valence-electron chi connectivity index (χ2n) is 7.04. The van der Waals surface area contributed by atoms with Crippen molar-refractivity contribution in [3.8, 4) is 0 Å². The number of thiazole rings is 1. The zero-order valence-corrected chi connectivity index (χ0v) is 19.5. The first-order valence-electron chi connectivity index (χ1n) is 9.75. The van der Waals surface area contributed by atoms with E-state index in [0.29, 0.717) is 23.7 Å². The van der Waals surface area contributed by atoms with Crippen LogP contribution in [0.4, 0.5) is 5.13 Å². The minimum Gasteiger partial charge on any atom is -0.477 e. The Morgan fingerprint density at radius 2 is 2.26 bits per heavy atom. The number of nitrogens with zero attached hydrogens (tertiary/aromatic N) is 7. The van der Waals surface area contributed by atoms with E-state index in [4.69, 9.17) is 10.6 Å². The minimum absolute atomic E-state index is 0.123. The van der Waals surface area contributed by atoms with Crippen LogP contribution >= 0.6 is 23.1 Å². The zero-order chi connectivity index (χ0) is 24.4. The molecule has 4 heterocycles. The minimum atomic E-state index is -1.23. The molecule has 0 bridgehead atoms. The number of β-lactam (4-membered cyclic amide) rings is 1. The molecule has 2 aromatic rings. The van der Waals surface area contributed by atoms with E-state index in [1.807, 2.05) is 0 Å². The van der Waals surface area contributed by atoms with Crippen molar-refractivity contribution in [3.63, 3.8) is 0 Å². The number of nitrogens with two attached hydrogens (primary N) is 1. The lowest BCUT2D eigenvalue weighted by Crippen LogP contribution is -2.71. The molecule has 1 fully saturated rings. The third kappa shape index (κ3) is 4.36. The Hall–Kier alpha value is -3.79. The molecule has 0 aliphatic carbocycles. The fraction of sp³-hybridized carbons (Fsp3) is 0.333. The van der Waals surface area contributed by atoms with Gasteiger partial charge in [-0.15, -0.1) is 28.2 Å². The van der Waals surface area contributed by atoms with Crippen molar-refractivity contribution >= 4 is 51.7 Å². The number of aromatic nitrogens is 5. The number of nitrogens with one attached hydrogen (secondary N) is 1. The normalized spacial score (nSPS) is 20.4. The molecule has 2 amide bonds. The molecule has 0 saturated carbocycles. The monoisotopic (exact) mass is 505 g/mol. The molecular formula is C18H19N9O5S2. The van der Waals surface area contributed by atoms with E-state index in [1.165, 1.54) is 29.2 Å². The van der Waals surface area contributed by atoms with Crippen LogP contribution in [0.15, 0.2) is 34.0 Å². The number of carbonyl (C=O) groups is 3. The summed E-state index contributed by atoms with van der Waals surface area (Å²) in [6, 6.07) is -0.931. The fourth-order valence-corrected chi connectivity index (χ4v) is 5.25. The number of rotatable bonds is 8. The Morgan fingerprint density at radius 1 is 1.47 bits per heavy atom. The van der Waals surface area contributed by atoms with Gasteiger partial charge in [-0.3, -0.25) is 14.5 Å². The molecule has 4 N–H and O–H groups in total. The molecule has 2 aromatic heterocycles. The van der Waals surface area contributed by atoms with Crippen molar-refractivity contribution in [1.82, 2.24) is 35.4 Å². The summed E-state index contributed by atoms with van der Waals surface area (Å²) < 4.78 is 1.55. The number of carboxylic acids is 1. The van der Waals surface area contributed by atoms with Gasteiger partial charge in [-0.05, 0) is 22.9 Å². The largest absolute Gasteiger partial charge is 0.477 e. The van der Waals surface area contributed by atoms with Gasteiger partial charge in [-0.2, -0.15) is 0 Å². The summed E-state index contributed by atoms with van der Waals surface area (Å²) in [6.07, 6.45) is 3.36. The van der Waals surface area contributed by atoms with Crippen LogP contribution in [0.3, 0.4) is 0 Å². The highest BCUT2D eigenvalue weighted by molar-refractivity contribution is 8.00. The molecule has 2 atom stereocenters. The number of aliphatic carboxylic acids is 1. The van der Waals surface area contributed by atoms with Gasteiger partial charge < -0.3 is 21.0 Å². The summed E-state index contributed by atoms with van der Waals surface area (Å²) in [7, 11) is 1.27. The van der Waals surface area contributed by atoms with Crippen molar-refractivity contribution in [1.29, 1.82) is 0 Å². The maximum absolute atomic E-state index is 12.9. The number of oxime groups is 1. The van der Waals surface area contributed by atoms with Crippen LogP contribution in [0.2, 0.25) is 0 Å². The molecule has 4 rings (SSSR count). The van der Waals surface area contributed by atoms with E-state index >= 15 is 0 Å². The average molecular weight is 506 g/mol. The number of amides is 2. The molecular weight excluding hydrogens is 486 g/mol. The van der Waals surface area contributed by atoms with Gasteiger partial charge >= 0.3 is 5.97 Å². The van der Waals surface area contributed by atoms with Gasteiger partial charge in [0.1, 0.15) is 35.7 Å². The van der Waals surface area contributed by atoms with E-state index in [0.717, 1.165) is 11.3 Å². The van der Waals surface area contributed by atoms with Crippen LogP contribution in [0.5, 0.6) is 0 Å². The van der Waals surface area contributed by atoms with Gasteiger partial charge in [0.05, 0.1) is 6.54 Å². The second-order valence-corrected chi connectivity index (χ2v) is 9.04. The predicted molar refractivity (Wildman–Crippen MR) is 121 cm³/mol. The molecule has 2 aliphatic rings. The molecule has 2 aliphatic heterocycles. The highest BCUT2D eigenvalue weighted by atomic mass is 32.2. The van der Waals surface area contributed by atoms with Crippen molar-refractivity contribution in [2.75, 3.05) is 18.6 Å². The SMILES string of the molecule is CON=C(C(=O)NC1C(=O)N2C(C(=O)O)=C(/C=C/Cn3nnnc3C)CS[C@H]12)c1csc(N)n1. The summed E-state index contributed by atoms with van der Waals surface area (Å²) in [5, 5.41) is 28.4. The van der Waals surface area contributed by atoms with Gasteiger partial charge in [0, 0.05) is 11.1 Å². The smallest absolute Gasteiger partial charge is 0.352 e. The molecule has 16 heteroatoms. The maximum atomic E-state index is 12.9. The van der Waals surface area contributed by atoms with E-state index in [9.17, 15) is 19.5 Å². The first kappa shape index (κ1) is 23.4. The summed E-state index contributed by atoms with van der Waals surface area (Å²) in [6.45, 7) is 2.09. The standard InChI is InChI=1S/C18H19N9O5S2/c1-8-22-24-25-26(8)5-3-4-9-6-33-16-12(15(29)27(16)13(9)17(30)31)21-14(28)11(23-32-2)10-7-34-18(19)20-10/h3-4,7,12,16H,5-6H2,1-2H3,(H2,19,20)(H,21,28)(H,30,31)/b4-3+,23-11?/t12?,16-/m1/s1. The van der Waals surface area contributed by atoms with Crippen molar-refractivity contribution in [3.05, 3.63) is 40.3 Å². The van der Waals surface area contributed by atoms with E-state index in [-0.39, 0.29) is 22.2 Å². The van der Waals surface area contributed by atoms with Crippen LogP contribution in [0.25, 0.3) is 0 Å². The Balaban J connectivity index is 1.49. The van der Waals surface area contributed by atoms with Gasteiger partial charge in [0.15, 0.2) is 10.8 Å². The first-order chi connectivity index (χ1) is 16.3. The first-order valence-corrected chi connectivity index (χ1v) is 11.7. The summed E-state index contributed by atoms with van der Waals surface area (Å²) >= 11 is 2.46. The molecule has 1 unspecified atom stereocenters. The van der Waals surface area contributed by atoms with E-state index in [1.54, 1.807) is 23.8 Å². The van der Waals surface area contributed by atoms with Crippen molar-refractivity contribution in [2.45, 2.75) is 24.9 Å². The quantitative estimate of drug-likeness (QED) is 0.235. The number of allylic oxidation sites excluding steroid dienone is 2. The number of hydrogen-bond donors (Lipinski definition) is 3. The topological polar surface area (TPSA) is 191 Å². The second kappa shape index (κ2) is 9.60. The highest BCUT2D eigenvalue weighted by Gasteiger charge is 2.54. The predicted octanol–water partition coefficient (Wildman–Crippen LogP) is -0.634. The number of fused-ring (bicyclic) bond motifs is 1. The third-order valence-electron chi connectivity index (χ3n) is 4.96. The lowest BCUT2D eigenvalue weighted by molar-refractivity contribution is -0.150. The van der Waals surface area contributed by atoms with Gasteiger partial charge in [-0.1, -0.05) is 17.3 Å². The third-order valence-corrected chi connectivity index (χ3v) is 6.93. The number of nitrogen functional groups attached to an aromatic ring is 1. The number of thioether (sulfide) groups is 1. The number of tetrazole rings is 1. The molecule has 14 nitrogen and oxygen atoms in total. The molecule has 0 aromatic carbocycles. The van der Waals surface area contributed by atoms with Crippen molar-refractivity contribution < 1.29 is 24.3 Å².